The van der Waals surface area contributed by atoms with Crippen molar-refractivity contribution in [3.63, 3.8) is 0 Å². The van der Waals surface area contributed by atoms with Gasteiger partial charge in [0.25, 0.3) is 0 Å². The molecule has 0 saturated heterocycles. The van der Waals surface area contributed by atoms with Crippen molar-refractivity contribution in [3.8, 4) is 0 Å². The molecule has 0 heterocycles. The van der Waals surface area contributed by atoms with Crippen LogP contribution >= 0.6 is 0 Å². The molecule has 5 rings (SSSR count). The van der Waals surface area contributed by atoms with Crippen LogP contribution in [0, 0.1) is 38.9 Å². The first-order valence-electron chi connectivity index (χ1n) is 11.4. The highest BCUT2D eigenvalue weighted by atomic mass is 16.1. The van der Waals surface area contributed by atoms with Crippen LogP contribution < -0.4 is 5.73 Å². The Hall–Kier alpha value is -0.410. The summed E-state index contributed by atoms with van der Waals surface area (Å²) in [6.07, 6.45) is 9.40. The largest absolute Gasteiger partial charge is 0.327 e. The van der Waals surface area contributed by atoms with Crippen molar-refractivity contribution in [1.82, 2.24) is 4.90 Å². The number of carbonyl (C=O) groups excluding carboxylic acids is 1. The van der Waals surface area contributed by atoms with E-state index in [4.69, 9.17) is 5.73 Å². The lowest BCUT2D eigenvalue weighted by molar-refractivity contribution is -0.167. The molecule has 27 heavy (non-hydrogen) atoms. The molecule has 0 amide bonds. The molecule has 0 aromatic heterocycles. The van der Waals surface area contributed by atoms with Crippen molar-refractivity contribution in [3.05, 3.63) is 0 Å². The first-order chi connectivity index (χ1) is 12.5. The first kappa shape index (κ1) is 18.6. The van der Waals surface area contributed by atoms with Gasteiger partial charge in [0, 0.05) is 23.9 Å². The van der Waals surface area contributed by atoms with E-state index < -0.39 is 0 Å². The van der Waals surface area contributed by atoms with Crippen LogP contribution in [0.15, 0.2) is 0 Å². The minimum atomic E-state index is 0.00277. The number of rotatable bonds is 1. The average Bonchev–Trinajstić information content (AvgIpc) is 3.19. The fourth-order valence-electron chi connectivity index (χ4n) is 9.89. The molecule has 0 aromatic carbocycles. The molecule has 5 aliphatic carbocycles. The Morgan fingerprint density at radius 2 is 1.59 bits per heavy atom. The molecule has 152 valence electrons. The number of Topliss-reactive ketones (excluding diaryl/α,β-unsaturated/α-hetero) is 1. The number of hydrogen-bond donors (Lipinski definition) is 1. The highest BCUT2D eigenvalue weighted by Crippen LogP contribution is 2.87. The maximum atomic E-state index is 13.9. The maximum absolute atomic E-state index is 13.9. The van der Waals surface area contributed by atoms with Gasteiger partial charge in [0.1, 0.15) is 5.78 Å². The molecule has 0 aliphatic heterocycles. The third-order valence-electron chi connectivity index (χ3n) is 11.5. The molecular weight excluding hydrogens is 332 g/mol. The fourth-order valence-corrected chi connectivity index (χ4v) is 9.89. The average molecular weight is 373 g/mol. The molecular formula is C24H40N2O. The van der Waals surface area contributed by atoms with Gasteiger partial charge >= 0.3 is 0 Å². The zero-order valence-corrected chi connectivity index (χ0v) is 18.4. The summed E-state index contributed by atoms with van der Waals surface area (Å²) in [6, 6.07) is 0.846. The number of nitrogens with two attached hydrogens (primary N) is 1. The Labute approximate surface area is 165 Å². The van der Waals surface area contributed by atoms with Crippen LogP contribution in [0.3, 0.4) is 0 Å². The number of fused-ring (bicyclic) bond motifs is 2. The van der Waals surface area contributed by atoms with Crippen LogP contribution in [0.2, 0.25) is 0 Å². The van der Waals surface area contributed by atoms with E-state index in [0.717, 1.165) is 12.8 Å². The smallest absolute Gasteiger partial charge is 0.140 e. The van der Waals surface area contributed by atoms with Crippen molar-refractivity contribution in [2.75, 3.05) is 14.1 Å². The van der Waals surface area contributed by atoms with E-state index in [1.54, 1.807) is 0 Å². The van der Waals surface area contributed by atoms with Crippen molar-refractivity contribution >= 4 is 5.78 Å². The minimum absolute atomic E-state index is 0.00277. The number of carbonyl (C=O) groups is 1. The molecule has 5 saturated carbocycles. The maximum Gasteiger partial charge on any atom is 0.140 e. The second-order valence-electron chi connectivity index (χ2n) is 12.4. The molecule has 5 aliphatic rings. The zero-order valence-electron chi connectivity index (χ0n) is 18.4. The second-order valence-corrected chi connectivity index (χ2v) is 12.4. The lowest BCUT2D eigenvalue weighted by Crippen LogP contribution is -2.62. The van der Waals surface area contributed by atoms with E-state index in [1.165, 1.54) is 38.5 Å². The van der Waals surface area contributed by atoms with Crippen molar-refractivity contribution < 1.29 is 4.79 Å². The third-order valence-corrected chi connectivity index (χ3v) is 11.5. The van der Waals surface area contributed by atoms with E-state index in [0.29, 0.717) is 35.1 Å². The molecule has 8 unspecified atom stereocenters. The summed E-state index contributed by atoms with van der Waals surface area (Å²) in [5, 5.41) is 0. The Bertz CT molecular complexity index is 700. The second kappa shape index (κ2) is 5.01. The quantitative estimate of drug-likeness (QED) is 0.748. The fraction of sp³-hybridized carbons (Fsp3) is 0.958. The zero-order chi connectivity index (χ0) is 19.6. The molecule has 2 spiro atoms. The minimum Gasteiger partial charge on any atom is -0.327 e. The standard InChI is InChI=1S/C24H40N2O/c1-20(2)15-7-8-16-21(3)11-10-18(26(5)6)22(21,4)13-19(27)24(16)14-23(15,24)12-9-17(20)25/h15-18H,7-14,25H2,1-6H3. The molecule has 3 nitrogen and oxygen atoms in total. The summed E-state index contributed by atoms with van der Waals surface area (Å²) in [7, 11) is 4.44. The van der Waals surface area contributed by atoms with Gasteiger partial charge in [-0.05, 0) is 92.5 Å². The molecule has 2 N–H and O–H groups in total. The topological polar surface area (TPSA) is 46.3 Å². The number of hydrogen-bond acceptors (Lipinski definition) is 3. The first-order valence-corrected chi connectivity index (χ1v) is 11.4. The normalized spacial score (nSPS) is 58.3. The van der Waals surface area contributed by atoms with Crippen molar-refractivity contribution in [2.24, 2.45) is 44.6 Å². The predicted octanol–water partition coefficient (Wildman–Crippen LogP) is 4.25. The monoisotopic (exact) mass is 372 g/mol. The molecule has 0 radical (unpaired) electrons. The SMILES string of the molecule is CN(C)C1CCC2(C)C3CCC4C(C)(C)C(N)CCC45CC35C(=O)CC12C. The molecule has 8 atom stereocenters. The van der Waals surface area contributed by atoms with E-state index in [2.05, 4.69) is 46.7 Å². The van der Waals surface area contributed by atoms with E-state index in [1.807, 2.05) is 0 Å². The van der Waals surface area contributed by atoms with Gasteiger partial charge in [-0.1, -0.05) is 27.7 Å². The van der Waals surface area contributed by atoms with Gasteiger partial charge in [0.05, 0.1) is 0 Å². The molecule has 0 bridgehead atoms. The van der Waals surface area contributed by atoms with Gasteiger partial charge in [-0.2, -0.15) is 0 Å². The number of nitrogens with zero attached hydrogens (tertiary/aromatic N) is 1. The summed E-state index contributed by atoms with van der Waals surface area (Å²) in [5.41, 5.74) is 7.51. The molecule has 0 aromatic rings. The Morgan fingerprint density at radius 3 is 2.26 bits per heavy atom. The molecule has 3 heteroatoms. The highest BCUT2D eigenvalue weighted by molar-refractivity contribution is 5.92. The van der Waals surface area contributed by atoms with Crippen LogP contribution in [0.1, 0.15) is 79.1 Å². The van der Waals surface area contributed by atoms with Crippen LogP contribution in [0.25, 0.3) is 0 Å². The summed E-state index contributed by atoms with van der Waals surface area (Å²) >= 11 is 0. The summed E-state index contributed by atoms with van der Waals surface area (Å²) in [4.78, 5) is 16.4. The van der Waals surface area contributed by atoms with E-state index in [9.17, 15) is 4.79 Å². The van der Waals surface area contributed by atoms with Gasteiger partial charge in [0.2, 0.25) is 0 Å². The van der Waals surface area contributed by atoms with Crippen molar-refractivity contribution in [2.45, 2.75) is 91.1 Å². The van der Waals surface area contributed by atoms with Gasteiger partial charge in [-0.3, -0.25) is 4.79 Å². The highest BCUT2D eigenvalue weighted by Gasteiger charge is 2.85. The lowest BCUT2D eigenvalue weighted by atomic mass is 9.42. The van der Waals surface area contributed by atoms with Crippen LogP contribution in [0.4, 0.5) is 0 Å². The van der Waals surface area contributed by atoms with Crippen LogP contribution in [-0.2, 0) is 4.79 Å². The van der Waals surface area contributed by atoms with Crippen LogP contribution in [-0.4, -0.2) is 36.9 Å². The van der Waals surface area contributed by atoms with Gasteiger partial charge in [0.15, 0.2) is 0 Å². The van der Waals surface area contributed by atoms with E-state index >= 15 is 0 Å². The van der Waals surface area contributed by atoms with Crippen LogP contribution in [0.5, 0.6) is 0 Å². The Kier molecular flexibility index (Phi) is 3.45. The molecule has 5 fully saturated rings. The Morgan fingerprint density at radius 1 is 0.926 bits per heavy atom. The number of ketones is 1. The van der Waals surface area contributed by atoms with E-state index in [-0.39, 0.29) is 21.7 Å². The summed E-state index contributed by atoms with van der Waals surface area (Å²) in [6.45, 7) is 9.82. The predicted molar refractivity (Wildman–Crippen MR) is 109 cm³/mol. The third kappa shape index (κ3) is 1.77. The van der Waals surface area contributed by atoms with Gasteiger partial charge in [-0.25, -0.2) is 0 Å². The van der Waals surface area contributed by atoms with Crippen molar-refractivity contribution in [1.29, 1.82) is 0 Å². The van der Waals surface area contributed by atoms with Gasteiger partial charge in [-0.15, -0.1) is 0 Å². The summed E-state index contributed by atoms with van der Waals surface area (Å²) < 4.78 is 0. The Balaban J connectivity index is 1.59. The summed E-state index contributed by atoms with van der Waals surface area (Å²) in [5.74, 6) is 1.88. The van der Waals surface area contributed by atoms with Gasteiger partial charge < -0.3 is 10.6 Å². The lowest BCUT2D eigenvalue weighted by Gasteiger charge is -2.62.